The number of aromatic amines is 2. The van der Waals surface area contributed by atoms with E-state index in [4.69, 9.17) is 0 Å². The Morgan fingerprint density at radius 3 is 2.82 bits per heavy atom. The number of hydrazone groups is 1. The van der Waals surface area contributed by atoms with Gasteiger partial charge in [-0.3, -0.25) is 25.6 Å². The number of nitro benzene ring substituents is 1. The van der Waals surface area contributed by atoms with Crippen molar-refractivity contribution in [3.05, 3.63) is 56.6 Å². The molecule has 0 atom stereocenters. The molecule has 1 aromatic carbocycles. The summed E-state index contributed by atoms with van der Waals surface area (Å²) in [6.07, 6.45) is 2.97. The summed E-state index contributed by atoms with van der Waals surface area (Å²) in [4.78, 5) is 27.7. The summed E-state index contributed by atoms with van der Waals surface area (Å²) < 4.78 is 0. The molecule has 10 heteroatoms. The first-order valence-electron chi connectivity index (χ1n) is 6.10. The standard InChI is InChI=1S/C12H9N7O3/c20-12-15-10(9-6-14-18-11(9)16-12)17-13-5-7-1-3-8(4-2-7)19(21)22/h1-6H,(H3,14,15,16,17,18,20)/b13-5+. The third-order valence-corrected chi connectivity index (χ3v) is 2.83. The number of nitro groups is 1. The van der Waals surface area contributed by atoms with Gasteiger partial charge in [-0.2, -0.15) is 15.2 Å². The molecule has 3 rings (SSSR count). The first-order chi connectivity index (χ1) is 10.6. The summed E-state index contributed by atoms with van der Waals surface area (Å²) in [6, 6.07) is 5.88. The quantitative estimate of drug-likeness (QED) is 0.372. The van der Waals surface area contributed by atoms with Gasteiger partial charge >= 0.3 is 5.69 Å². The molecule has 22 heavy (non-hydrogen) atoms. The van der Waals surface area contributed by atoms with Crippen LogP contribution in [0.15, 0.2) is 40.4 Å². The Labute approximate surface area is 122 Å². The van der Waals surface area contributed by atoms with Crippen LogP contribution in [-0.4, -0.2) is 31.3 Å². The SMILES string of the molecule is O=c1nc2[nH]ncc2c(N/N=C/c2ccc([N+](=O)[O-])cc2)[nH]1. The number of rotatable bonds is 4. The number of hydrogen-bond acceptors (Lipinski definition) is 7. The maximum atomic E-state index is 11.4. The Bertz CT molecular complexity index is 910. The summed E-state index contributed by atoms with van der Waals surface area (Å²) in [5.74, 6) is 0.349. The molecule has 3 N–H and O–H groups in total. The van der Waals surface area contributed by atoms with E-state index in [0.29, 0.717) is 22.4 Å². The molecular formula is C12H9N7O3. The molecule has 0 spiro atoms. The normalized spacial score (nSPS) is 11.1. The molecule has 0 saturated heterocycles. The van der Waals surface area contributed by atoms with Crippen molar-refractivity contribution in [2.75, 3.05) is 5.43 Å². The molecule has 0 radical (unpaired) electrons. The van der Waals surface area contributed by atoms with Crippen LogP contribution in [-0.2, 0) is 0 Å². The van der Waals surface area contributed by atoms with Crippen LogP contribution >= 0.6 is 0 Å². The highest BCUT2D eigenvalue weighted by atomic mass is 16.6. The lowest BCUT2D eigenvalue weighted by molar-refractivity contribution is -0.384. The number of non-ortho nitro benzene ring substituents is 1. The average molecular weight is 299 g/mol. The van der Waals surface area contributed by atoms with E-state index in [1.54, 1.807) is 12.1 Å². The fourth-order valence-electron chi connectivity index (χ4n) is 1.79. The Balaban J connectivity index is 1.80. The van der Waals surface area contributed by atoms with Gasteiger partial charge in [0.2, 0.25) is 0 Å². The van der Waals surface area contributed by atoms with E-state index < -0.39 is 10.6 Å². The number of aromatic nitrogens is 4. The number of fused-ring (bicyclic) bond motifs is 1. The monoisotopic (exact) mass is 299 g/mol. The number of nitrogens with one attached hydrogen (secondary N) is 3. The molecule has 0 bridgehead atoms. The first kappa shape index (κ1) is 13.4. The number of benzene rings is 1. The van der Waals surface area contributed by atoms with Gasteiger partial charge in [-0.05, 0) is 17.7 Å². The van der Waals surface area contributed by atoms with Crippen LogP contribution < -0.4 is 11.1 Å². The topological polar surface area (TPSA) is 142 Å². The minimum Gasteiger partial charge on any atom is -0.290 e. The van der Waals surface area contributed by atoms with Crippen molar-refractivity contribution in [2.24, 2.45) is 5.10 Å². The van der Waals surface area contributed by atoms with Gasteiger partial charge in [-0.1, -0.05) is 0 Å². The van der Waals surface area contributed by atoms with Crippen LogP contribution in [0.3, 0.4) is 0 Å². The van der Waals surface area contributed by atoms with E-state index in [0.717, 1.165) is 0 Å². The molecule has 0 fully saturated rings. The second-order valence-corrected chi connectivity index (χ2v) is 4.27. The van der Waals surface area contributed by atoms with Crippen LogP contribution in [0.5, 0.6) is 0 Å². The van der Waals surface area contributed by atoms with Crippen molar-refractivity contribution in [1.29, 1.82) is 0 Å². The van der Waals surface area contributed by atoms with Crippen LogP contribution in [0.25, 0.3) is 11.0 Å². The zero-order chi connectivity index (χ0) is 15.5. The van der Waals surface area contributed by atoms with Gasteiger partial charge in [0.25, 0.3) is 5.69 Å². The average Bonchev–Trinajstić information content (AvgIpc) is 2.96. The zero-order valence-electron chi connectivity index (χ0n) is 11.0. The van der Waals surface area contributed by atoms with E-state index in [-0.39, 0.29) is 5.69 Å². The molecular weight excluding hydrogens is 290 g/mol. The number of nitrogens with zero attached hydrogens (tertiary/aromatic N) is 4. The largest absolute Gasteiger partial charge is 0.348 e. The Hall–Kier alpha value is -3.56. The van der Waals surface area contributed by atoms with Gasteiger partial charge < -0.3 is 0 Å². The minimum absolute atomic E-state index is 0.00341. The van der Waals surface area contributed by atoms with Crippen molar-refractivity contribution in [3.63, 3.8) is 0 Å². The molecule has 2 heterocycles. The van der Waals surface area contributed by atoms with Crippen LogP contribution in [0.4, 0.5) is 11.5 Å². The third-order valence-electron chi connectivity index (χ3n) is 2.83. The second kappa shape index (κ2) is 5.44. The van der Waals surface area contributed by atoms with Crippen LogP contribution in [0.2, 0.25) is 0 Å². The van der Waals surface area contributed by atoms with E-state index in [2.05, 4.69) is 30.7 Å². The van der Waals surface area contributed by atoms with Gasteiger partial charge in [0.1, 0.15) is 5.82 Å². The lowest BCUT2D eigenvalue weighted by Crippen LogP contribution is -2.12. The molecule has 0 amide bonds. The Kier molecular flexibility index (Phi) is 3.32. The summed E-state index contributed by atoms with van der Waals surface area (Å²) in [7, 11) is 0. The molecule has 110 valence electrons. The Morgan fingerprint density at radius 1 is 1.32 bits per heavy atom. The molecule has 0 aliphatic heterocycles. The van der Waals surface area contributed by atoms with Crippen molar-refractivity contribution in [3.8, 4) is 0 Å². The van der Waals surface area contributed by atoms with Gasteiger partial charge in [-0.25, -0.2) is 4.79 Å². The highest BCUT2D eigenvalue weighted by Crippen LogP contribution is 2.14. The van der Waals surface area contributed by atoms with Crippen molar-refractivity contribution in [2.45, 2.75) is 0 Å². The van der Waals surface area contributed by atoms with Crippen molar-refractivity contribution >= 4 is 28.8 Å². The summed E-state index contributed by atoms with van der Waals surface area (Å²) in [5, 5.41) is 21.5. The number of anilines is 1. The van der Waals surface area contributed by atoms with E-state index in [1.165, 1.54) is 24.5 Å². The van der Waals surface area contributed by atoms with E-state index >= 15 is 0 Å². The lowest BCUT2D eigenvalue weighted by Gasteiger charge is -2.00. The zero-order valence-corrected chi connectivity index (χ0v) is 11.0. The molecule has 2 aromatic heterocycles. The maximum Gasteiger partial charge on any atom is 0.348 e. The van der Waals surface area contributed by atoms with Crippen molar-refractivity contribution < 1.29 is 4.92 Å². The van der Waals surface area contributed by atoms with Crippen LogP contribution in [0.1, 0.15) is 5.56 Å². The molecule has 0 saturated carbocycles. The van der Waals surface area contributed by atoms with Gasteiger partial charge in [0.15, 0.2) is 5.65 Å². The van der Waals surface area contributed by atoms with Crippen LogP contribution in [0, 0.1) is 10.1 Å². The fraction of sp³-hybridized carbons (Fsp3) is 0. The second-order valence-electron chi connectivity index (χ2n) is 4.27. The minimum atomic E-state index is -0.537. The first-order valence-corrected chi connectivity index (χ1v) is 6.10. The van der Waals surface area contributed by atoms with E-state index in [9.17, 15) is 14.9 Å². The summed E-state index contributed by atoms with van der Waals surface area (Å²) >= 11 is 0. The molecule has 0 aliphatic rings. The van der Waals surface area contributed by atoms with Gasteiger partial charge in [0.05, 0.1) is 22.7 Å². The number of hydrogen-bond donors (Lipinski definition) is 3. The smallest absolute Gasteiger partial charge is 0.290 e. The fourth-order valence-corrected chi connectivity index (χ4v) is 1.79. The summed E-state index contributed by atoms with van der Waals surface area (Å²) in [5.41, 5.74) is 3.16. The summed E-state index contributed by atoms with van der Waals surface area (Å²) in [6.45, 7) is 0. The Morgan fingerprint density at radius 2 is 2.09 bits per heavy atom. The van der Waals surface area contributed by atoms with E-state index in [1.807, 2.05) is 0 Å². The van der Waals surface area contributed by atoms with Crippen molar-refractivity contribution in [1.82, 2.24) is 20.2 Å². The molecule has 0 aliphatic carbocycles. The third kappa shape index (κ3) is 2.65. The highest BCUT2D eigenvalue weighted by Gasteiger charge is 2.05. The maximum absolute atomic E-state index is 11.4. The highest BCUT2D eigenvalue weighted by molar-refractivity contribution is 5.86. The number of H-pyrrole nitrogens is 2. The molecule has 0 unspecified atom stereocenters. The predicted octanol–water partition coefficient (Wildman–Crippen LogP) is 1.00. The van der Waals surface area contributed by atoms with Gasteiger partial charge in [0, 0.05) is 12.1 Å². The predicted molar refractivity (Wildman–Crippen MR) is 78.8 cm³/mol. The van der Waals surface area contributed by atoms with Gasteiger partial charge in [-0.15, -0.1) is 0 Å². The lowest BCUT2D eigenvalue weighted by atomic mass is 10.2. The molecule has 10 nitrogen and oxygen atoms in total. The molecule has 3 aromatic rings.